The fourth-order valence-electron chi connectivity index (χ4n) is 1.81. The van der Waals surface area contributed by atoms with Crippen molar-refractivity contribution in [2.24, 2.45) is 5.92 Å². The van der Waals surface area contributed by atoms with Crippen LogP contribution >= 0.6 is 0 Å². The predicted octanol–water partition coefficient (Wildman–Crippen LogP) is 3.73. The average molecular weight is 318 g/mol. The molecule has 118 valence electrons. The van der Waals surface area contributed by atoms with E-state index in [0.717, 1.165) is 6.07 Å². The summed E-state index contributed by atoms with van der Waals surface area (Å²) < 4.78 is 63.9. The number of carbonyl (C=O) groups is 1. The van der Waals surface area contributed by atoms with Gasteiger partial charge < -0.3 is 10.6 Å². The minimum Gasteiger partial charge on any atom is -0.322 e. The lowest BCUT2D eigenvalue weighted by atomic mass is 10.0. The molecule has 1 fully saturated rings. The zero-order valence-electron chi connectivity index (χ0n) is 11.1. The van der Waals surface area contributed by atoms with Crippen LogP contribution in [-0.2, 0) is 0 Å². The van der Waals surface area contributed by atoms with E-state index < -0.39 is 41.1 Å². The smallest absolute Gasteiger partial charge is 0.322 e. The number of rotatable bonds is 0. The van der Waals surface area contributed by atoms with Crippen LogP contribution in [0.15, 0.2) is 12.1 Å². The van der Waals surface area contributed by atoms with Gasteiger partial charge in [0.15, 0.2) is 17.7 Å². The third-order valence-electron chi connectivity index (χ3n) is 3.09. The zero-order valence-corrected chi connectivity index (χ0v) is 11.1. The number of nitrogens with one attached hydrogen (secondary N) is 2. The van der Waals surface area contributed by atoms with E-state index in [-0.39, 0.29) is 0 Å². The first kappa shape index (κ1) is 16.1. The third-order valence-corrected chi connectivity index (χ3v) is 3.09. The van der Waals surface area contributed by atoms with E-state index in [0.29, 0.717) is 12.0 Å². The van der Waals surface area contributed by atoms with Crippen molar-refractivity contribution >= 4 is 11.7 Å². The van der Waals surface area contributed by atoms with Crippen molar-refractivity contribution in [3.8, 4) is 12.3 Å². The number of alkyl halides is 3. The number of hydrogen-bond donors (Lipinski definition) is 2. The van der Waals surface area contributed by atoms with Crippen molar-refractivity contribution in [1.82, 2.24) is 5.32 Å². The van der Waals surface area contributed by atoms with Crippen molar-refractivity contribution in [2.75, 3.05) is 5.32 Å². The van der Waals surface area contributed by atoms with E-state index >= 15 is 0 Å². The lowest BCUT2D eigenvalue weighted by molar-refractivity contribution is -0.155. The van der Waals surface area contributed by atoms with Crippen LogP contribution in [0.4, 0.5) is 32.4 Å². The summed E-state index contributed by atoms with van der Waals surface area (Å²) in [5, 5.41) is 3.47. The summed E-state index contributed by atoms with van der Waals surface area (Å²) in [7, 11) is 0. The Morgan fingerprint density at radius 3 is 2.32 bits per heavy atom. The fourth-order valence-corrected chi connectivity index (χ4v) is 1.81. The van der Waals surface area contributed by atoms with E-state index in [9.17, 15) is 26.7 Å². The molecular formula is C14H11F5N2O. The molecule has 22 heavy (non-hydrogen) atoms. The molecule has 2 amide bonds. The van der Waals surface area contributed by atoms with Crippen LogP contribution < -0.4 is 10.6 Å². The first-order valence-electron chi connectivity index (χ1n) is 6.32. The number of fused-ring (bicyclic) bond motifs is 1. The molecule has 1 aliphatic carbocycles. The Kier molecular flexibility index (Phi) is 4.26. The number of anilines is 1. The first-order chi connectivity index (χ1) is 10.2. The van der Waals surface area contributed by atoms with Crippen molar-refractivity contribution in [1.29, 1.82) is 0 Å². The molecule has 1 saturated carbocycles. The average Bonchev–Trinajstić information content (AvgIpc) is 3.26. The van der Waals surface area contributed by atoms with Crippen molar-refractivity contribution < 1.29 is 26.7 Å². The van der Waals surface area contributed by atoms with E-state index in [1.807, 2.05) is 5.32 Å². The third kappa shape index (κ3) is 3.47. The minimum atomic E-state index is -4.90. The summed E-state index contributed by atoms with van der Waals surface area (Å²) in [6.07, 6.45) is 2.63. The van der Waals surface area contributed by atoms with Crippen molar-refractivity contribution in [2.45, 2.75) is 25.1 Å². The van der Waals surface area contributed by atoms with Gasteiger partial charge in [-0.15, -0.1) is 12.3 Å². The molecule has 2 aliphatic rings. The van der Waals surface area contributed by atoms with Gasteiger partial charge in [0.1, 0.15) is 0 Å². The molecule has 1 atom stereocenters. The molecule has 1 aromatic carbocycles. The van der Waals surface area contributed by atoms with Crippen LogP contribution in [-0.4, -0.2) is 12.2 Å². The van der Waals surface area contributed by atoms with E-state index in [1.54, 1.807) is 0 Å². The van der Waals surface area contributed by atoms with Crippen LogP contribution in [0.25, 0.3) is 0 Å². The quantitative estimate of drug-likeness (QED) is 0.555. The molecule has 0 spiro atoms. The predicted molar refractivity (Wildman–Crippen MR) is 68.9 cm³/mol. The second kappa shape index (κ2) is 5.83. The van der Waals surface area contributed by atoms with Gasteiger partial charge in [0.2, 0.25) is 0 Å². The number of benzene rings is 1. The Hall–Kier alpha value is -2.30. The normalized spacial score (nSPS) is 19.8. The van der Waals surface area contributed by atoms with Crippen LogP contribution in [0.5, 0.6) is 0 Å². The summed E-state index contributed by atoms with van der Waals surface area (Å²) in [6, 6.07) is -2.15. The SMILES string of the molecule is C#CC1CC1.O=C1Nc2ccc(F)c(F)c2C(C(F)(F)F)N1. The van der Waals surface area contributed by atoms with Gasteiger partial charge in [-0.1, -0.05) is 0 Å². The van der Waals surface area contributed by atoms with Gasteiger partial charge in [0.25, 0.3) is 0 Å². The maximum absolute atomic E-state index is 13.3. The Labute approximate surface area is 122 Å². The van der Waals surface area contributed by atoms with Gasteiger partial charge in [0.05, 0.1) is 5.69 Å². The van der Waals surface area contributed by atoms with E-state index in [4.69, 9.17) is 6.42 Å². The molecule has 0 radical (unpaired) electrons. The Morgan fingerprint density at radius 2 is 1.86 bits per heavy atom. The highest BCUT2D eigenvalue weighted by Gasteiger charge is 2.47. The van der Waals surface area contributed by atoms with Gasteiger partial charge in [-0.3, -0.25) is 0 Å². The van der Waals surface area contributed by atoms with Crippen LogP contribution in [0.3, 0.4) is 0 Å². The standard InChI is InChI=1S/C9H5F5N2O.C5H6/c10-3-1-2-4-5(6(3)11)7(9(12,13)14)16-8(17)15-4;1-2-5-3-4-5/h1-2,7H,(H2,15,16,17);1,5H,3-4H2. The molecule has 1 heterocycles. The largest absolute Gasteiger partial charge is 0.413 e. The lowest BCUT2D eigenvalue weighted by Crippen LogP contribution is -2.45. The van der Waals surface area contributed by atoms with Crippen molar-refractivity contribution in [3.05, 3.63) is 29.3 Å². The molecule has 1 aliphatic heterocycles. The number of amides is 2. The summed E-state index contributed by atoms with van der Waals surface area (Å²) in [6.45, 7) is 0. The molecule has 2 N–H and O–H groups in total. The second-order valence-corrected chi connectivity index (χ2v) is 4.84. The number of hydrogen-bond acceptors (Lipinski definition) is 1. The number of urea groups is 1. The molecule has 8 heteroatoms. The number of carbonyl (C=O) groups excluding carboxylic acids is 1. The van der Waals surface area contributed by atoms with E-state index in [2.05, 4.69) is 5.92 Å². The van der Waals surface area contributed by atoms with E-state index in [1.165, 1.54) is 18.2 Å². The van der Waals surface area contributed by atoms with Crippen molar-refractivity contribution in [3.63, 3.8) is 0 Å². The topological polar surface area (TPSA) is 41.1 Å². The highest BCUT2D eigenvalue weighted by molar-refractivity contribution is 5.93. The minimum absolute atomic E-state index is 0.394. The second-order valence-electron chi connectivity index (χ2n) is 4.84. The highest BCUT2D eigenvalue weighted by Crippen LogP contribution is 2.40. The Bertz CT molecular complexity index is 631. The summed E-state index contributed by atoms with van der Waals surface area (Å²) in [4.78, 5) is 10.9. The zero-order chi connectivity index (χ0) is 16.5. The first-order valence-corrected chi connectivity index (χ1v) is 6.32. The lowest BCUT2D eigenvalue weighted by Gasteiger charge is -2.29. The maximum Gasteiger partial charge on any atom is 0.413 e. The molecular weight excluding hydrogens is 307 g/mol. The van der Waals surface area contributed by atoms with Gasteiger partial charge >= 0.3 is 12.2 Å². The monoisotopic (exact) mass is 318 g/mol. The molecule has 3 rings (SSSR count). The number of terminal acetylenes is 1. The Morgan fingerprint density at radius 1 is 1.23 bits per heavy atom. The van der Waals surface area contributed by atoms with Gasteiger partial charge in [-0.2, -0.15) is 13.2 Å². The molecule has 0 saturated heterocycles. The molecule has 0 bridgehead atoms. The van der Waals surface area contributed by atoms with Gasteiger partial charge in [-0.05, 0) is 25.0 Å². The van der Waals surface area contributed by atoms with Crippen LogP contribution in [0.1, 0.15) is 24.4 Å². The fraction of sp³-hybridized carbons (Fsp3) is 0.357. The molecule has 0 aromatic heterocycles. The summed E-state index contributed by atoms with van der Waals surface area (Å²) in [5.74, 6) is 0.267. The highest BCUT2D eigenvalue weighted by atomic mass is 19.4. The van der Waals surface area contributed by atoms with Crippen LogP contribution in [0, 0.1) is 29.9 Å². The molecule has 1 aromatic rings. The van der Waals surface area contributed by atoms with Gasteiger partial charge in [-0.25, -0.2) is 13.6 Å². The Balaban J connectivity index is 0.000000299. The van der Waals surface area contributed by atoms with Gasteiger partial charge in [0, 0.05) is 11.5 Å². The molecule has 3 nitrogen and oxygen atoms in total. The summed E-state index contributed by atoms with van der Waals surface area (Å²) in [5.41, 5.74) is -1.34. The number of halogens is 5. The maximum atomic E-state index is 13.3. The summed E-state index contributed by atoms with van der Waals surface area (Å²) >= 11 is 0. The molecule has 1 unspecified atom stereocenters. The van der Waals surface area contributed by atoms with Crippen LogP contribution in [0.2, 0.25) is 0 Å².